The summed E-state index contributed by atoms with van der Waals surface area (Å²) in [5.41, 5.74) is 0. The van der Waals surface area contributed by atoms with Crippen LogP contribution in [0.1, 0.15) is 110 Å². The highest BCUT2D eigenvalue weighted by molar-refractivity contribution is 7.85. The second-order valence-corrected chi connectivity index (χ2v) is 9.41. The maximum Gasteiger partial charge on any atom is 0.267 e. The van der Waals surface area contributed by atoms with E-state index in [0.717, 1.165) is 13.0 Å². The summed E-state index contributed by atoms with van der Waals surface area (Å²) in [6.07, 6.45) is 20.4. The Balaban J connectivity index is 3.13. The molecule has 164 valence electrons. The first kappa shape index (κ1) is 26.8. The van der Waals surface area contributed by atoms with Gasteiger partial charge < -0.3 is 10.4 Å². The van der Waals surface area contributed by atoms with Crippen LogP contribution in [0.2, 0.25) is 0 Å². The lowest BCUT2D eigenvalue weighted by molar-refractivity contribution is 0.191. The normalized spacial score (nSPS) is 13.1. The van der Waals surface area contributed by atoms with Crippen LogP contribution >= 0.6 is 0 Å². The van der Waals surface area contributed by atoms with Crippen LogP contribution in [0.5, 0.6) is 0 Å². The predicted molar refractivity (Wildman–Crippen MR) is 115 cm³/mol. The number of hydrogen-bond donors (Lipinski definition) is 3. The van der Waals surface area contributed by atoms with Crippen molar-refractivity contribution < 1.29 is 18.1 Å². The lowest BCUT2D eigenvalue weighted by Crippen LogP contribution is -2.32. The molecule has 0 saturated heterocycles. The summed E-state index contributed by atoms with van der Waals surface area (Å²) in [5, 5.41) is 12.4. The molecule has 1 unspecified atom stereocenters. The summed E-state index contributed by atoms with van der Waals surface area (Å²) in [6, 6.07) is 0. The van der Waals surface area contributed by atoms with E-state index in [-0.39, 0.29) is 6.54 Å². The number of aliphatic hydroxyl groups is 1. The Morgan fingerprint density at radius 1 is 0.704 bits per heavy atom. The number of hydrogen-bond acceptors (Lipinski definition) is 4. The van der Waals surface area contributed by atoms with Crippen molar-refractivity contribution in [3.63, 3.8) is 0 Å². The average molecular weight is 408 g/mol. The fraction of sp³-hybridized carbons (Fsp3) is 1.00. The van der Waals surface area contributed by atoms with Crippen molar-refractivity contribution in [3.05, 3.63) is 0 Å². The van der Waals surface area contributed by atoms with Gasteiger partial charge in [-0.25, -0.2) is 0 Å². The van der Waals surface area contributed by atoms with Gasteiger partial charge in [0.2, 0.25) is 0 Å². The fourth-order valence-corrected chi connectivity index (χ4v) is 3.97. The molecule has 0 aliphatic rings. The smallest absolute Gasteiger partial charge is 0.267 e. The van der Waals surface area contributed by atoms with Crippen molar-refractivity contribution in [2.24, 2.45) is 0 Å². The van der Waals surface area contributed by atoms with Gasteiger partial charge in [-0.2, -0.15) is 8.42 Å². The molecule has 0 saturated carbocycles. The Bertz CT molecular complexity index is 401. The van der Waals surface area contributed by atoms with E-state index in [2.05, 4.69) is 12.2 Å². The summed E-state index contributed by atoms with van der Waals surface area (Å²) in [4.78, 5) is 0. The lowest BCUT2D eigenvalue weighted by Gasteiger charge is -2.10. The average Bonchev–Trinajstić information content (AvgIpc) is 2.59. The van der Waals surface area contributed by atoms with Crippen molar-refractivity contribution in [2.45, 2.75) is 116 Å². The SMILES string of the molecule is CCCCCCCCCCCCCCCCCCNCC(O)CS(=O)(=O)O. The van der Waals surface area contributed by atoms with E-state index >= 15 is 0 Å². The molecule has 0 aliphatic carbocycles. The standard InChI is InChI=1S/C21H45NO4S/c1-2-3-4-5-6-7-8-9-10-11-12-13-14-15-16-17-18-22-19-21(23)20-27(24,25)26/h21-23H,2-20H2,1H3,(H,24,25,26). The summed E-state index contributed by atoms with van der Waals surface area (Å²) >= 11 is 0. The molecule has 0 aromatic carbocycles. The molecule has 5 nitrogen and oxygen atoms in total. The minimum absolute atomic E-state index is 0.207. The molecular formula is C21H45NO4S. The Kier molecular flexibility index (Phi) is 19.0. The van der Waals surface area contributed by atoms with Gasteiger partial charge in [0.05, 0.1) is 6.10 Å². The van der Waals surface area contributed by atoms with Crippen LogP contribution in [0.3, 0.4) is 0 Å². The van der Waals surface area contributed by atoms with Gasteiger partial charge >= 0.3 is 0 Å². The topological polar surface area (TPSA) is 86.6 Å². The van der Waals surface area contributed by atoms with Crippen molar-refractivity contribution in [3.8, 4) is 0 Å². The highest BCUT2D eigenvalue weighted by atomic mass is 32.2. The highest BCUT2D eigenvalue weighted by Gasteiger charge is 2.13. The minimum atomic E-state index is -4.09. The van der Waals surface area contributed by atoms with E-state index < -0.39 is 22.0 Å². The molecule has 6 heteroatoms. The Labute approximate surface area is 168 Å². The fourth-order valence-electron chi connectivity index (χ4n) is 3.37. The Morgan fingerprint density at radius 3 is 1.44 bits per heavy atom. The second-order valence-electron chi connectivity index (χ2n) is 7.91. The third-order valence-electron chi connectivity index (χ3n) is 4.99. The zero-order valence-electron chi connectivity index (χ0n) is 17.6. The molecule has 0 radical (unpaired) electrons. The van der Waals surface area contributed by atoms with Crippen LogP contribution in [0.4, 0.5) is 0 Å². The first-order valence-electron chi connectivity index (χ1n) is 11.3. The molecule has 0 rings (SSSR count). The van der Waals surface area contributed by atoms with Crippen molar-refractivity contribution >= 4 is 10.1 Å². The van der Waals surface area contributed by atoms with Gasteiger partial charge in [0, 0.05) is 6.54 Å². The molecule has 0 aromatic rings. The zero-order chi connectivity index (χ0) is 20.2. The summed E-state index contributed by atoms with van der Waals surface area (Å²) in [7, 11) is -4.09. The maximum atomic E-state index is 10.6. The lowest BCUT2D eigenvalue weighted by atomic mass is 10.0. The molecule has 0 spiro atoms. The molecular weight excluding hydrogens is 362 g/mol. The molecule has 0 bridgehead atoms. The summed E-state index contributed by atoms with van der Waals surface area (Å²) in [5.74, 6) is -0.598. The van der Waals surface area contributed by atoms with Gasteiger partial charge in [0.15, 0.2) is 0 Å². The molecule has 0 fully saturated rings. The predicted octanol–water partition coefficient (Wildman–Crippen LogP) is 5.09. The number of rotatable bonds is 21. The maximum absolute atomic E-state index is 10.6. The minimum Gasteiger partial charge on any atom is -0.391 e. The molecule has 1 atom stereocenters. The van der Waals surface area contributed by atoms with E-state index in [0.29, 0.717) is 0 Å². The van der Waals surface area contributed by atoms with Crippen molar-refractivity contribution in [1.29, 1.82) is 0 Å². The van der Waals surface area contributed by atoms with Crippen LogP contribution < -0.4 is 5.32 Å². The molecule has 0 amide bonds. The number of aliphatic hydroxyl groups excluding tert-OH is 1. The van der Waals surface area contributed by atoms with Crippen LogP contribution in [0.25, 0.3) is 0 Å². The first-order valence-corrected chi connectivity index (χ1v) is 12.9. The van der Waals surface area contributed by atoms with E-state index in [1.807, 2.05) is 0 Å². The van der Waals surface area contributed by atoms with E-state index in [9.17, 15) is 13.5 Å². The van der Waals surface area contributed by atoms with Crippen LogP contribution in [0.15, 0.2) is 0 Å². The highest BCUT2D eigenvalue weighted by Crippen LogP contribution is 2.13. The van der Waals surface area contributed by atoms with E-state index in [1.54, 1.807) is 0 Å². The van der Waals surface area contributed by atoms with Crippen molar-refractivity contribution in [2.75, 3.05) is 18.8 Å². The molecule has 0 aliphatic heterocycles. The van der Waals surface area contributed by atoms with Gasteiger partial charge in [-0.1, -0.05) is 103 Å². The Morgan fingerprint density at radius 2 is 1.07 bits per heavy atom. The molecule has 0 heterocycles. The first-order chi connectivity index (χ1) is 13.0. The van der Waals surface area contributed by atoms with Crippen LogP contribution in [-0.2, 0) is 10.1 Å². The molecule has 3 N–H and O–H groups in total. The van der Waals surface area contributed by atoms with E-state index in [4.69, 9.17) is 4.55 Å². The van der Waals surface area contributed by atoms with Gasteiger partial charge in [-0.3, -0.25) is 4.55 Å². The third kappa shape index (κ3) is 23.8. The van der Waals surface area contributed by atoms with E-state index in [1.165, 1.54) is 96.3 Å². The molecule has 0 aromatic heterocycles. The Hall–Kier alpha value is -0.170. The van der Waals surface area contributed by atoms with Gasteiger partial charge in [0.25, 0.3) is 10.1 Å². The van der Waals surface area contributed by atoms with Crippen LogP contribution in [0, 0.1) is 0 Å². The second kappa shape index (κ2) is 19.2. The summed E-state index contributed by atoms with van der Waals surface area (Å²) in [6.45, 7) is 3.25. The van der Waals surface area contributed by atoms with Gasteiger partial charge in [0.1, 0.15) is 5.75 Å². The zero-order valence-corrected chi connectivity index (χ0v) is 18.4. The largest absolute Gasteiger partial charge is 0.391 e. The number of nitrogens with one attached hydrogen (secondary N) is 1. The number of unbranched alkanes of at least 4 members (excludes halogenated alkanes) is 15. The van der Waals surface area contributed by atoms with Gasteiger partial charge in [-0.05, 0) is 13.0 Å². The third-order valence-corrected chi connectivity index (χ3v) is 5.80. The quantitative estimate of drug-likeness (QED) is 0.182. The van der Waals surface area contributed by atoms with Gasteiger partial charge in [-0.15, -0.1) is 0 Å². The van der Waals surface area contributed by atoms with Crippen molar-refractivity contribution in [1.82, 2.24) is 5.32 Å². The summed E-state index contributed by atoms with van der Waals surface area (Å²) < 4.78 is 29.8. The monoisotopic (exact) mass is 407 g/mol. The van der Waals surface area contributed by atoms with Crippen LogP contribution in [-0.4, -0.2) is 43.0 Å². The molecule has 27 heavy (non-hydrogen) atoms.